The molecule has 1 amide bonds. The molecule has 3 nitrogen and oxygen atoms in total. The van der Waals surface area contributed by atoms with Crippen LogP contribution < -0.4 is 5.32 Å². The molecule has 3 aromatic carbocycles. The smallest absolute Gasteiger partial charge is 0.251 e. The van der Waals surface area contributed by atoms with Crippen LogP contribution in [0.2, 0.25) is 0 Å². The monoisotopic (exact) mass is 384 g/mol. The number of benzene rings is 3. The summed E-state index contributed by atoms with van der Waals surface area (Å²) in [7, 11) is 0. The quantitative estimate of drug-likeness (QED) is 0.628. The third-order valence-corrected chi connectivity index (χ3v) is 5.59. The Morgan fingerprint density at radius 3 is 2.03 bits per heavy atom. The molecule has 0 spiro atoms. The van der Waals surface area contributed by atoms with Gasteiger partial charge in [0.15, 0.2) is 0 Å². The number of amides is 1. The third kappa shape index (κ3) is 5.33. The Balaban J connectivity index is 1.30. The molecule has 1 heterocycles. The van der Waals surface area contributed by atoms with Crippen LogP contribution in [0.3, 0.4) is 0 Å². The highest BCUT2D eigenvalue weighted by molar-refractivity contribution is 5.94. The van der Waals surface area contributed by atoms with Crippen LogP contribution in [0.15, 0.2) is 78.9 Å². The van der Waals surface area contributed by atoms with Crippen molar-refractivity contribution in [2.24, 2.45) is 0 Å². The van der Waals surface area contributed by atoms with Crippen LogP contribution in [0.5, 0.6) is 0 Å². The summed E-state index contributed by atoms with van der Waals surface area (Å²) in [5.41, 5.74) is 5.43. The molecule has 0 saturated carbocycles. The Morgan fingerprint density at radius 2 is 1.34 bits per heavy atom. The summed E-state index contributed by atoms with van der Waals surface area (Å²) >= 11 is 0. The summed E-state index contributed by atoms with van der Waals surface area (Å²) in [4.78, 5) is 15.0. The number of hydrogen-bond donors (Lipinski definition) is 1. The summed E-state index contributed by atoms with van der Waals surface area (Å²) in [6, 6.07) is 26.6. The molecule has 4 rings (SSSR count). The maximum absolute atomic E-state index is 12.5. The number of carbonyl (C=O) groups excluding carboxylic acids is 1. The van der Waals surface area contributed by atoms with Gasteiger partial charge in [-0.2, -0.15) is 0 Å². The van der Waals surface area contributed by atoms with Crippen molar-refractivity contribution >= 4 is 5.91 Å². The van der Waals surface area contributed by atoms with E-state index in [1.54, 1.807) is 0 Å². The SMILES string of the molecule is O=C(NCc1ccc(CN2CCCCC2)cc1)c1ccc(-c2ccccc2)cc1. The summed E-state index contributed by atoms with van der Waals surface area (Å²) in [5.74, 6) is -0.0398. The fraction of sp³-hybridized carbons (Fsp3) is 0.269. The number of rotatable bonds is 6. The van der Waals surface area contributed by atoms with Gasteiger partial charge in [-0.3, -0.25) is 9.69 Å². The molecule has 0 unspecified atom stereocenters. The van der Waals surface area contributed by atoms with Crippen LogP contribution in [0.4, 0.5) is 0 Å². The Kier molecular flexibility index (Phi) is 6.38. The minimum atomic E-state index is -0.0398. The van der Waals surface area contributed by atoms with Crippen molar-refractivity contribution in [1.29, 1.82) is 0 Å². The Bertz CT molecular complexity index is 911. The van der Waals surface area contributed by atoms with Crippen molar-refractivity contribution in [3.05, 3.63) is 95.6 Å². The maximum atomic E-state index is 12.5. The first-order valence-electron chi connectivity index (χ1n) is 10.5. The molecule has 29 heavy (non-hydrogen) atoms. The molecule has 0 aliphatic carbocycles. The van der Waals surface area contributed by atoms with Gasteiger partial charge in [0.25, 0.3) is 5.91 Å². The van der Waals surface area contributed by atoms with E-state index in [9.17, 15) is 4.79 Å². The van der Waals surface area contributed by atoms with Gasteiger partial charge in [-0.05, 0) is 60.3 Å². The number of nitrogens with one attached hydrogen (secondary N) is 1. The van der Waals surface area contributed by atoms with E-state index >= 15 is 0 Å². The van der Waals surface area contributed by atoms with Gasteiger partial charge in [-0.1, -0.05) is 73.2 Å². The number of carbonyl (C=O) groups is 1. The van der Waals surface area contributed by atoms with Crippen molar-refractivity contribution < 1.29 is 4.79 Å². The Morgan fingerprint density at radius 1 is 0.724 bits per heavy atom. The second-order valence-corrected chi connectivity index (χ2v) is 7.78. The number of likely N-dealkylation sites (tertiary alicyclic amines) is 1. The first-order valence-corrected chi connectivity index (χ1v) is 10.5. The van der Waals surface area contributed by atoms with Gasteiger partial charge in [0.1, 0.15) is 0 Å². The van der Waals surface area contributed by atoms with E-state index < -0.39 is 0 Å². The Labute approximate surface area is 173 Å². The van der Waals surface area contributed by atoms with Crippen molar-refractivity contribution in [3.63, 3.8) is 0 Å². The average molecular weight is 385 g/mol. The highest BCUT2D eigenvalue weighted by Crippen LogP contribution is 2.19. The van der Waals surface area contributed by atoms with Crippen molar-refractivity contribution in [2.45, 2.75) is 32.4 Å². The zero-order valence-electron chi connectivity index (χ0n) is 16.8. The minimum Gasteiger partial charge on any atom is -0.348 e. The zero-order valence-corrected chi connectivity index (χ0v) is 16.8. The largest absolute Gasteiger partial charge is 0.348 e. The first-order chi connectivity index (χ1) is 14.3. The lowest BCUT2D eigenvalue weighted by Crippen LogP contribution is -2.29. The molecule has 1 fully saturated rings. The van der Waals surface area contributed by atoms with Crippen LogP contribution in [0, 0.1) is 0 Å². The topological polar surface area (TPSA) is 32.3 Å². The van der Waals surface area contributed by atoms with Gasteiger partial charge in [-0.25, -0.2) is 0 Å². The molecule has 0 aromatic heterocycles. The summed E-state index contributed by atoms with van der Waals surface area (Å²) in [6.07, 6.45) is 4.00. The van der Waals surface area contributed by atoms with Crippen molar-refractivity contribution in [2.75, 3.05) is 13.1 Å². The molecular weight excluding hydrogens is 356 g/mol. The van der Waals surface area contributed by atoms with E-state index in [-0.39, 0.29) is 5.91 Å². The van der Waals surface area contributed by atoms with Crippen molar-refractivity contribution in [1.82, 2.24) is 10.2 Å². The zero-order chi connectivity index (χ0) is 19.9. The lowest BCUT2D eigenvalue weighted by atomic mass is 10.0. The fourth-order valence-electron chi connectivity index (χ4n) is 3.87. The van der Waals surface area contributed by atoms with Gasteiger partial charge in [-0.15, -0.1) is 0 Å². The van der Waals surface area contributed by atoms with E-state index in [0.717, 1.165) is 23.2 Å². The predicted octanol–water partition coefficient (Wildman–Crippen LogP) is 5.27. The van der Waals surface area contributed by atoms with Gasteiger partial charge in [0.05, 0.1) is 0 Å². The van der Waals surface area contributed by atoms with Crippen LogP contribution in [-0.4, -0.2) is 23.9 Å². The second kappa shape index (κ2) is 9.53. The standard InChI is InChI=1S/C26H28N2O/c29-26(25-15-13-24(14-16-25)23-7-3-1-4-8-23)27-19-21-9-11-22(12-10-21)20-28-17-5-2-6-18-28/h1,3-4,7-16H,2,5-6,17-20H2,(H,27,29). The van der Waals surface area contributed by atoms with Gasteiger partial charge < -0.3 is 5.32 Å². The Hall–Kier alpha value is -2.91. The molecule has 1 aliphatic rings. The van der Waals surface area contributed by atoms with Gasteiger partial charge in [0.2, 0.25) is 0 Å². The average Bonchev–Trinajstić information content (AvgIpc) is 2.80. The highest BCUT2D eigenvalue weighted by atomic mass is 16.1. The normalized spacial score (nSPS) is 14.5. The lowest BCUT2D eigenvalue weighted by molar-refractivity contribution is 0.0951. The molecule has 1 N–H and O–H groups in total. The van der Waals surface area contributed by atoms with E-state index in [4.69, 9.17) is 0 Å². The molecule has 0 radical (unpaired) electrons. The van der Waals surface area contributed by atoms with Crippen molar-refractivity contribution in [3.8, 4) is 11.1 Å². The number of hydrogen-bond acceptors (Lipinski definition) is 2. The van der Waals surface area contributed by atoms with E-state index in [1.807, 2.05) is 42.5 Å². The number of piperidine rings is 1. The number of nitrogens with zero attached hydrogens (tertiary/aromatic N) is 1. The lowest BCUT2D eigenvalue weighted by Gasteiger charge is -2.26. The van der Waals surface area contributed by atoms with Crippen LogP contribution in [0.1, 0.15) is 40.7 Å². The van der Waals surface area contributed by atoms with Gasteiger partial charge in [0, 0.05) is 18.7 Å². The maximum Gasteiger partial charge on any atom is 0.251 e. The highest BCUT2D eigenvalue weighted by Gasteiger charge is 2.10. The molecular formula is C26H28N2O. The van der Waals surface area contributed by atoms with Crippen LogP contribution in [-0.2, 0) is 13.1 Å². The molecule has 3 aromatic rings. The molecule has 148 valence electrons. The second-order valence-electron chi connectivity index (χ2n) is 7.78. The van der Waals surface area contributed by atoms with E-state index in [0.29, 0.717) is 12.1 Å². The summed E-state index contributed by atoms with van der Waals surface area (Å²) < 4.78 is 0. The molecule has 0 bridgehead atoms. The van der Waals surface area contributed by atoms with Gasteiger partial charge >= 0.3 is 0 Å². The first kappa shape index (κ1) is 19.4. The minimum absolute atomic E-state index is 0.0398. The summed E-state index contributed by atoms with van der Waals surface area (Å²) in [6.45, 7) is 3.99. The fourth-order valence-corrected chi connectivity index (χ4v) is 3.87. The van der Waals surface area contributed by atoms with Crippen LogP contribution >= 0.6 is 0 Å². The third-order valence-electron chi connectivity index (χ3n) is 5.59. The molecule has 1 saturated heterocycles. The molecule has 3 heteroatoms. The molecule has 0 atom stereocenters. The molecule has 1 aliphatic heterocycles. The summed E-state index contributed by atoms with van der Waals surface area (Å²) in [5, 5.41) is 3.03. The van der Waals surface area contributed by atoms with E-state index in [2.05, 4.69) is 46.6 Å². The predicted molar refractivity (Wildman–Crippen MR) is 119 cm³/mol. The van der Waals surface area contributed by atoms with E-state index in [1.165, 1.54) is 37.9 Å². The van der Waals surface area contributed by atoms with Crippen LogP contribution in [0.25, 0.3) is 11.1 Å².